The van der Waals surface area contributed by atoms with Crippen molar-refractivity contribution < 1.29 is 9.53 Å². The molecule has 2 aromatic carbocycles. The number of carbonyl (C=O) groups excluding carboxylic acids is 1. The number of hydrogen-bond donors (Lipinski definition) is 1. The van der Waals surface area contributed by atoms with Gasteiger partial charge in [0.05, 0.1) is 0 Å². The van der Waals surface area contributed by atoms with Crippen LogP contribution in [0.25, 0.3) is 0 Å². The third kappa shape index (κ3) is 5.37. The number of nitrogens with one attached hydrogen (secondary N) is 1. The van der Waals surface area contributed by atoms with Crippen LogP contribution in [0.5, 0.6) is 5.75 Å². The maximum atomic E-state index is 12.6. The van der Waals surface area contributed by atoms with Gasteiger partial charge in [0.1, 0.15) is 5.75 Å². The summed E-state index contributed by atoms with van der Waals surface area (Å²) >= 11 is 5.98. The van der Waals surface area contributed by atoms with Crippen LogP contribution in [0.2, 0.25) is 5.02 Å². The van der Waals surface area contributed by atoms with Crippen LogP contribution in [0.1, 0.15) is 13.3 Å². The first-order chi connectivity index (χ1) is 13.0. The Labute approximate surface area is 165 Å². The second-order valence-corrected chi connectivity index (χ2v) is 7.24. The highest BCUT2D eigenvalue weighted by atomic mass is 35.5. The Balaban J connectivity index is 1.59. The first-order valence-corrected chi connectivity index (χ1v) is 9.69. The molecule has 0 unspecified atom stereocenters. The van der Waals surface area contributed by atoms with E-state index in [0.717, 1.165) is 31.9 Å². The van der Waals surface area contributed by atoms with Crippen molar-refractivity contribution in [2.75, 3.05) is 43.4 Å². The molecule has 5 nitrogen and oxygen atoms in total. The van der Waals surface area contributed by atoms with E-state index < -0.39 is 6.10 Å². The van der Waals surface area contributed by atoms with E-state index in [1.165, 1.54) is 5.69 Å². The fourth-order valence-electron chi connectivity index (χ4n) is 3.07. The topological polar surface area (TPSA) is 44.8 Å². The van der Waals surface area contributed by atoms with Crippen LogP contribution >= 0.6 is 11.6 Å². The van der Waals surface area contributed by atoms with Gasteiger partial charge in [-0.05, 0) is 55.9 Å². The minimum absolute atomic E-state index is 0.162. The fraction of sp³-hybridized carbons (Fsp3) is 0.381. The van der Waals surface area contributed by atoms with Crippen molar-refractivity contribution in [2.24, 2.45) is 0 Å². The lowest BCUT2D eigenvalue weighted by Crippen LogP contribution is -2.44. The van der Waals surface area contributed by atoms with E-state index in [1.54, 1.807) is 24.3 Å². The standard InChI is InChI=1S/C21H26ClN3O2/c1-3-20(27-19-6-4-5-16(22)15-19)21(26)23-17-7-9-18(10-8-17)25-13-11-24(2)12-14-25/h4-10,15,20H,3,11-14H2,1-2H3,(H,23,26)/t20-/m1/s1. The number of hydrogen-bond acceptors (Lipinski definition) is 4. The number of rotatable bonds is 6. The highest BCUT2D eigenvalue weighted by Gasteiger charge is 2.19. The molecule has 1 aliphatic rings. The summed E-state index contributed by atoms with van der Waals surface area (Å²) in [6.07, 6.45) is -0.00154. The number of anilines is 2. The van der Waals surface area contributed by atoms with E-state index in [4.69, 9.17) is 16.3 Å². The zero-order valence-electron chi connectivity index (χ0n) is 15.8. The molecule has 1 atom stereocenters. The maximum Gasteiger partial charge on any atom is 0.265 e. The van der Waals surface area contributed by atoms with Gasteiger partial charge in [-0.2, -0.15) is 0 Å². The van der Waals surface area contributed by atoms with Gasteiger partial charge < -0.3 is 19.9 Å². The molecule has 1 heterocycles. The van der Waals surface area contributed by atoms with E-state index >= 15 is 0 Å². The van der Waals surface area contributed by atoms with E-state index in [-0.39, 0.29) is 5.91 Å². The third-order valence-electron chi connectivity index (χ3n) is 4.74. The van der Waals surface area contributed by atoms with Crippen molar-refractivity contribution in [1.29, 1.82) is 0 Å². The number of carbonyl (C=O) groups is 1. The van der Waals surface area contributed by atoms with Crippen molar-refractivity contribution in [3.8, 4) is 5.75 Å². The minimum atomic E-state index is -0.569. The predicted octanol–water partition coefficient (Wildman–Crippen LogP) is 3.89. The second kappa shape index (κ2) is 9.11. The Morgan fingerprint density at radius 2 is 1.85 bits per heavy atom. The number of piperazine rings is 1. The summed E-state index contributed by atoms with van der Waals surface area (Å²) in [5.41, 5.74) is 1.95. The highest BCUT2D eigenvalue weighted by molar-refractivity contribution is 6.30. The molecule has 6 heteroatoms. The second-order valence-electron chi connectivity index (χ2n) is 6.80. The van der Waals surface area contributed by atoms with Gasteiger partial charge in [-0.1, -0.05) is 24.6 Å². The summed E-state index contributed by atoms with van der Waals surface area (Å²) in [5.74, 6) is 0.430. The Hall–Kier alpha value is -2.24. The minimum Gasteiger partial charge on any atom is -0.481 e. The molecule has 1 amide bonds. The normalized spacial score (nSPS) is 16.0. The summed E-state index contributed by atoms with van der Waals surface area (Å²) in [6, 6.07) is 15.1. The molecule has 2 aromatic rings. The van der Waals surface area contributed by atoms with Crippen LogP contribution in [0.15, 0.2) is 48.5 Å². The quantitative estimate of drug-likeness (QED) is 0.816. The van der Waals surface area contributed by atoms with Crippen molar-refractivity contribution in [3.05, 3.63) is 53.6 Å². The smallest absolute Gasteiger partial charge is 0.265 e. The number of benzene rings is 2. The summed E-state index contributed by atoms with van der Waals surface area (Å²) < 4.78 is 5.80. The van der Waals surface area contributed by atoms with Gasteiger partial charge in [-0.15, -0.1) is 0 Å². The molecule has 1 aliphatic heterocycles. The fourth-order valence-corrected chi connectivity index (χ4v) is 3.25. The highest BCUT2D eigenvalue weighted by Crippen LogP contribution is 2.21. The zero-order chi connectivity index (χ0) is 19.2. The molecule has 0 bridgehead atoms. The first kappa shape index (κ1) is 19.5. The van der Waals surface area contributed by atoms with E-state index in [9.17, 15) is 4.79 Å². The van der Waals surface area contributed by atoms with E-state index in [2.05, 4.69) is 34.3 Å². The Morgan fingerprint density at radius 3 is 2.48 bits per heavy atom. The lowest BCUT2D eigenvalue weighted by Gasteiger charge is -2.34. The predicted molar refractivity (Wildman–Crippen MR) is 111 cm³/mol. The molecule has 3 rings (SSSR count). The number of likely N-dealkylation sites (N-methyl/N-ethyl adjacent to an activating group) is 1. The van der Waals surface area contributed by atoms with E-state index in [0.29, 0.717) is 17.2 Å². The van der Waals surface area contributed by atoms with Crippen LogP contribution in [0.4, 0.5) is 11.4 Å². The monoisotopic (exact) mass is 387 g/mol. The summed E-state index contributed by atoms with van der Waals surface area (Å²) in [7, 11) is 2.14. The summed E-state index contributed by atoms with van der Waals surface area (Å²) in [6.45, 7) is 6.10. The molecule has 27 heavy (non-hydrogen) atoms. The molecule has 1 fully saturated rings. The molecule has 0 aromatic heterocycles. The van der Waals surface area contributed by atoms with Gasteiger partial charge in [-0.3, -0.25) is 4.79 Å². The van der Waals surface area contributed by atoms with Crippen LogP contribution in [-0.2, 0) is 4.79 Å². The molecule has 0 spiro atoms. The Morgan fingerprint density at radius 1 is 1.15 bits per heavy atom. The molecule has 1 saturated heterocycles. The average molecular weight is 388 g/mol. The van der Waals surface area contributed by atoms with Crippen LogP contribution in [0, 0.1) is 0 Å². The van der Waals surface area contributed by atoms with Crippen LogP contribution in [0.3, 0.4) is 0 Å². The Bertz CT molecular complexity index is 758. The third-order valence-corrected chi connectivity index (χ3v) is 4.98. The molecule has 144 valence electrons. The van der Waals surface area contributed by atoms with Crippen molar-refractivity contribution in [3.63, 3.8) is 0 Å². The molecular formula is C21H26ClN3O2. The van der Waals surface area contributed by atoms with Gasteiger partial charge in [0.25, 0.3) is 5.91 Å². The number of nitrogens with zero attached hydrogens (tertiary/aromatic N) is 2. The average Bonchev–Trinajstić information content (AvgIpc) is 2.67. The van der Waals surface area contributed by atoms with E-state index in [1.807, 2.05) is 19.1 Å². The lowest BCUT2D eigenvalue weighted by molar-refractivity contribution is -0.122. The number of amides is 1. The number of halogens is 1. The lowest BCUT2D eigenvalue weighted by atomic mass is 10.2. The van der Waals surface area contributed by atoms with Crippen LogP contribution in [-0.4, -0.2) is 50.1 Å². The zero-order valence-corrected chi connectivity index (χ0v) is 16.6. The SMILES string of the molecule is CC[C@@H](Oc1cccc(Cl)c1)C(=O)Nc1ccc(N2CCN(C)CC2)cc1. The Kier molecular flexibility index (Phi) is 6.58. The molecular weight excluding hydrogens is 362 g/mol. The van der Waals surface area contributed by atoms with Crippen molar-refractivity contribution in [1.82, 2.24) is 4.90 Å². The maximum absolute atomic E-state index is 12.6. The molecule has 0 radical (unpaired) electrons. The first-order valence-electron chi connectivity index (χ1n) is 9.32. The summed E-state index contributed by atoms with van der Waals surface area (Å²) in [4.78, 5) is 17.3. The van der Waals surface area contributed by atoms with Gasteiger partial charge in [-0.25, -0.2) is 0 Å². The van der Waals surface area contributed by atoms with Gasteiger partial charge >= 0.3 is 0 Å². The van der Waals surface area contributed by atoms with Gasteiger partial charge in [0, 0.05) is 42.6 Å². The molecule has 0 saturated carbocycles. The summed E-state index contributed by atoms with van der Waals surface area (Å²) in [5, 5.41) is 3.53. The van der Waals surface area contributed by atoms with Crippen molar-refractivity contribution >= 4 is 28.9 Å². The number of ether oxygens (including phenoxy) is 1. The molecule has 1 N–H and O–H groups in total. The largest absolute Gasteiger partial charge is 0.481 e. The van der Waals surface area contributed by atoms with Crippen molar-refractivity contribution in [2.45, 2.75) is 19.4 Å². The van der Waals surface area contributed by atoms with Gasteiger partial charge in [0.15, 0.2) is 6.10 Å². The molecule has 0 aliphatic carbocycles. The van der Waals surface area contributed by atoms with Crippen LogP contribution < -0.4 is 15.0 Å². The van der Waals surface area contributed by atoms with Gasteiger partial charge in [0.2, 0.25) is 0 Å².